The van der Waals surface area contributed by atoms with E-state index in [2.05, 4.69) is 48.4 Å². The normalized spacial score (nSPS) is 14.5. The van der Waals surface area contributed by atoms with Crippen molar-refractivity contribution >= 4 is 11.3 Å². The molecule has 0 saturated carbocycles. The van der Waals surface area contributed by atoms with Crippen LogP contribution >= 0.6 is 11.3 Å². The van der Waals surface area contributed by atoms with Gasteiger partial charge < -0.3 is 5.32 Å². The molecule has 0 saturated heterocycles. The van der Waals surface area contributed by atoms with Gasteiger partial charge in [0, 0.05) is 34.1 Å². The lowest BCUT2D eigenvalue weighted by atomic mass is 9.93. The Balaban J connectivity index is 2.25. The van der Waals surface area contributed by atoms with Gasteiger partial charge in [-0.2, -0.15) is 0 Å². The number of likely N-dealkylation sites (N-methyl/N-ethyl adjacent to an activating group) is 1. The van der Waals surface area contributed by atoms with Crippen LogP contribution in [0.15, 0.2) is 36.7 Å². The van der Waals surface area contributed by atoms with E-state index in [1.807, 2.05) is 30.8 Å². The van der Waals surface area contributed by atoms with E-state index in [1.165, 1.54) is 15.3 Å². The number of thiophene rings is 1. The summed E-state index contributed by atoms with van der Waals surface area (Å²) >= 11 is 1.87. The van der Waals surface area contributed by atoms with Gasteiger partial charge in [-0.25, -0.2) is 0 Å². The minimum absolute atomic E-state index is 0.371. The van der Waals surface area contributed by atoms with Crippen molar-refractivity contribution in [2.45, 2.75) is 25.8 Å². The molecule has 3 heteroatoms. The maximum absolute atomic E-state index is 4.07. The molecule has 2 atom stereocenters. The van der Waals surface area contributed by atoms with Crippen molar-refractivity contribution in [3.8, 4) is 0 Å². The predicted molar refractivity (Wildman–Crippen MR) is 73.5 cm³/mol. The van der Waals surface area contributed by atoms with Crippen LogP contribution in [0, 0.1) is 6.92 Å². The van der Waals surface area contributed by atoms with Crippen molar-refractivity contribution in [3.05, 3.63) is 52.0 Å². The van der Waals surface area contributed by atoms with Crippen LogP contribution in [-0.4, -0.2) is 12.0 Å². The Morgan fingerprint density at radius 2 is 1.88 bits per heavy atom. The number of aryl methyl sites for hydroxylation is 1. The average Bonchev–Trinajstić information content (AvgIpc) is 2.78. The Hall–Kier alpha value is -1.19. The van der Waals surface area contributed by atoms with Crippen LogP contribution in [0.3, 0.4) is 0 Å². The minimum Gasteiger partial charge on any atom is -0.312 e. The van der Waals surface area contributed by atoms with E-state index in [0.29, 0.717) is 12.0 Å². The summed E-state index contributed by atoms with van der Waals surface area (Å²) in [5.74, 6) is 0.445. The van der Waals surface area contributed by atoms with Gasteiger partial charge >= 0.3 is 0 Å². The minimum atomic E-state index is 0.371. The molecule has 17 heavy (non-hydrogen) atoms. The summed E-state index contributed by atoms with van der Waals surface area (Å²) in [7, 11) is 2.03. The van der Waals surface area contributed by atoms with Crippen LogP contribution < -0.4 is 5.32 Å². The van der Waals surface area contributed by atoms with Crippen LogP contribution in [0.4, 0.5) is 0 Å². The molecule has 2 rings (SSSR count). The Morgan fingerprint density at radius 3 is 2.41 bits per heavy atom. The van der Waals surface area contributed by atoms with Gasteiger partial charge in [-0.1, -0.05) is 6.92 Å². The third kappa shape index (κ3) is 2.73. The Labute approximate surface area is 107 Å². The molecule has 2 aromatic heterocycles. The SMILES string of the molecule is CNC(c1ccc(C)s1)C(C)c1ccncc1. The van der Waals surface area contributed by atoms with E-state index in [1.54, 1.807) is 0 Å². The summed E-state index contributed by atoms with van der Waals surface area (Å²) < 4.78 is 0. The number of hydrogen-bond acceptors (Lipinski definition) is 3. The standard InChI is InChI=1S/C14H18N2S/c1-10-4-5-13(17-10)14(15-3)11(2)12-6-8-16-9-7-12/h4-9,11,14-15H,1-3H3. The number of nitrogens with zero attached hydrogens (tertiary/aromatic N) is 1. The lowest BCUT2D eigenvalue weighted by Gasteiger charge is -2.22. The van der Waals surface area contributed by atoms with E-state index in [4.69, 9.17) is 0 Å². The molecule has 2 aromatic rings. The highest BCUT2D eigenvalue weighted by Gasteiger charge is 2.20. The number of nitrogens with one attached hydrogen (secondary N) is 1. The third-order valence-electron chi connectivity index (χ3n) is 3.11. The molecule has 0 spiro atoms. The maximum atomic E-state index is 4.07. The molecule has 0 aliphatic carbocycles. The highest BCUT2D eigenvalue weighted by molar-refractivity contribution is 7.12. The first kappa shape index (κ1) is 12.3. The summed E-state index contributed by atoms with van der Waals surface area (Å²) in [6.07, 6.45) is 3.72. The van der Waals surface area contributed by atoms with E-state index in [9.17, 15) is 0 Å². The lowest BCUT2D eigenvalue weighted by molar-refractivity contribution is 0.515. The second kappa shape index (κ2) is 5.43. The summed E-state index contributed by atoms with van der Waals surface area (Å²) in [6, 6.07) is 8.96. The number of rotatable bonds is 4. The quantitative estimate of drug-likeness (QED) is 0.893. The van der Waals surface area contributed by atoms with Gasteiger partial charge in [0.05, 0.1) is 0 Å². The van der Waals surface area contributed by atoms with Gasteiger partial charge in [-0.15, -0.1) is 11.3 Å². The molecule has 0 aromatic carbocycles. The second-order valence-corrected chi connectivity index (χ2v) is 5.60. The van der Waals surface area contributed by atoms with Crippen molar-refractivity contribution in [1.29, 1.82) is 0 Å². The van der Waals surface area contributed by atoms with Gasteiger partial charge in [0.15, 0.2) is 0 Å². The van der Waals surface area contributed by atoms with Crippen LogP contribution in [0.2, 0.25) is 0 Å². The molecule has 1 N–H and O–H groups in total. The van der Waals surface area contributed by atoms with Gasteiger partial charge in [-0.3, -0.25) is 4.98 Å². The zero-order chi connectivity index (χ0) is 12.3. The molecule has 0 amide bonds. The number of pyridine rings is 1. The molecule has 0 radical (unpaired) electrons. The van der Waals surface area contributed by atoms with Gasteiger partial charge in [0.25, 0.3) is 0 Å². The fourth-order valence-electron chi connectivity index (χ4n) is 2.12. The molecular formula is C14H18N2S. The Morgan fingerprint density at radius 1 is 1.18 bits per heavy atom. The highest BCUT2D eigenvalue weighted by Crippen LogP contribution is 2.33. The van der Waals surface area contributed by atoms with Gasteiger partial charge in [0.2, 0.25) is 0 Å². The Bertz CT molecular complexity index is 464. The largest absolute Gasteiger partial charge is 0.312 e. The smallest absolute Gasteiger partial charge is 0.0479 e. The zero-order valence-corrected chi connectivity index (χ0v) is 11.3. The molecule has 2 unspecified atom stereocenters. The van der Waals surface area contributed by atoms with E-state index in [0.717, 1.165) is 0 Å². The fourth-order valence-corrected chi connectivity index (χ4v) is 3.21. The van der Waals surface area contributed by atoms with Crippen molar-refractivity contribution < 1.29 is 0 Å². The van der Waals surface area contributed by atoms with Crippen molar-refractivity contribution in [2.75, 3.05) is 7.05 Å². The first-order chi connectivity index (χ1) is 8.22. The topological polar surface area (TPSA) is 24.9 Å². The molecule has 0 aliphatic heterocycles. The molecule has 2 heterocycles. The number of aromatic nitrogens is 1. The summed E-state index contributed by atoms with van der Waals surface area (Å²) in [6.45, 7) is 4.41. The van der Waals surface area contributed by atoms with E-state index >= 15 is 0 Å². The molecule has 0 fully saturated rings. The molecule has 90 valence electrons. The first-order valence-electron chi connectivity index (χ1n) is 5.86. The highest BCUT2D eigenvalue weighted by atomic mass is 32.1. The van der Waals surface area contributed by atoms with Crippen LogP contribution in [0.1, 0.15) is 34.2 Å². The van der Waals surface area contributed by atoms with Crippen molar-refractivity contribution in [1.82, 2.24) is 10.3 Å². The average molecular weight is 246 g/mol. The third-order valence-corrected chi connectivity index (χ3v) is 4.19. The summed E-state index contributed by atoms with van der Waals surface area (Å²) in [4.78, 5) is 6.83. The van der Waals surface area contributed by atoms with E-state index in [-0.39, 0.29) is 0 Å². The van der Waals surface area contributed by atoms with Crippen LogP contribution in [0.5, 0.6) is 0 Å². The number of hydrogen-bond donors (Lipinski definition) is 1. The molecule has 0 bridgehead atoms. The van der Waals surface area contributed by atoms with E-state index < -0.39 is 0 Å². The molecular weight excluding hydrogens is 228 g/mol. The van der Waals surface area contributed by atoms with Crippen molar-refractivity contribution in [3.63, 3.8) is 0 Å². The second-order valence-electron chi connectivity index (χ2n) is 4.28. The summed E-state index contributed by atoms with van der Waals surface area (Å²) in [5.41, 5.74) is 1.32. The monoisotopic (exact) mass is 246 g/mol. The van der Waals surface area contributed by atoms with Gasteiger partial charge in [-0.05, 0) is 43.8 Å². The van der Waals surface area contributed by atoms with Gasteiger partial charge in [0.1, 0.15) is 0 Å². The lowest BCUT2D eigenvalue weighted by Crippen LogP contribution is -2.21. The predicted octanol–water partition coefficient (Wildman–Crippen LogP) is 3.52. The zero-order valence-electron chi connectivity index (χ0n) is 10.5. The van der Waals surface area contributed by atoms with Crippen molar-refractivity contribution in [2.24, 2.45) is 0 Å². The maximum Gasteiger partial charge on any atom is 0.0479 e. The van der Waals surface area contributed by atoms with Crippen LogP contribution in [0.25, 0.3) is 0 Å². The molecule has 0 aliphatic rings. The molecule has 2 nitrogen and oxygen atoms in total. The van der Waals surface area contributed by atoms with Crippen LogP contribution in [-0.2, 0) is 0 Å². The Kier molecular flexibility index (Phi) is 3.92. The summed E-state index contributed by atoms with van der Waals surface area (Å²) in [5, 5.41) is 3.42. The first-order valence-corrected chi connectivity index (χ1v) is 6.67. The fraction of sp³-hybridized carbons (Fsp3) is 0.357.